The Labute approximate surface area is 73.9 Å². The van der Waals surface area contributed by atoms with Gasteiger partial charge in [0.2, 0.25) is 0 Å². The number of hydrogen-bond donors (Lipinski definition) is 1. The van der Waals surface area contributed by atoms with Gasteiger partial charge in [-0.25, -0.2) is 0 Å². The minimum absolute atomic E-state index is 0.361. The molecule has 68 valence electrons. The maximum Gasteiger partial charge on any atom is 0.321 e. The summed E-state index contributed by atoms with van der Waals surface area (Å²) in [7, 11) is 4.18. The lowest BCUT2D eigenvalue weighted by atomic mass is 10.0. The van der Waals surface area contributed by atoms with Crippen LogP contribution in [0.4, 0.5) is 0 Å². The van der Waals surface area contributed by atoms with Gasteiger partial charge in [-0.05, 0) is 12.8 Å². The number of nitrogens with zero attached hydrogens (tertiary/aromatic N) is 2. The van der Waals surface area contributed by atoms with Crippen LogP contribution in [0.25, 0.3) is 0 Å². The van der Waals surface area contributed by atoms with Gasteiger partial charge in [-0.15, -0.1) is 0 Å². The van der Waals surface area contributed by atoms with Crippen molar-refractivity contribution >= 4 is 21.1 Å². The molecule has 1 rings (SSSR count). The van der Waals surface area contributed by atoms with Crippen LogP contribution >= 0.6 is 9.39 Å². The number of piperidine rings is 1. The Bertz CT molecular complexity index is 217. The summed E-state index contributed by atoms with van der Waals surface area (Å²) in [6, 6.07) is -0.361. The van der Waals surface area contributed by atoms with Gasteiger partial charge in [-0.1, -0.05) is 9.39 Å². The fourth-order valence-electron chi connectivity index (χ4n) is 1.32. The van der Waals surface area contributed by atoms with Crippen molar-refractivity contribution in [3.8, 4) is 0 Å². The third kappa shape index (κ3) is 2.02. The monoisotopic (exact) mass is 188 g/mol. The third-order valence-electron chi connectivity index (χ3n) is 2.07. The molecule has 1 aliphatic heterocycles. The average molecular weight is 188 g/mol. The molecule has 0 aromatic carbocycles. The van der Waals surface area contributed by atoms with E-state index in [0.29, 0.717) is 13.0 Å². The van der Waals surface area contributed by atoms with Crippen LogP contribution in [-0.2, 0) is 4.79 Å². The van der Waals surface area contributed by atoms with Gasteiger partial charge >= 0.3 is 5.97 Å². The van der Waals surface area contributed by atoms with E-state index >= 15 is 0 Å². The third-order valence-corrected chi connectivity index (χ3v) is 2.62. The van der Waals surface area contributed by atoms with Gasteiger partial charge in [0.25, 0.3) is 0 Å². The van der Waals surface area contributed by atoms with Crippen molar-refractivity contribution in [3.63, 3.8) is 0 Å². The minimum atomic E-state index is -0.750. The lowest BCUT2D eigenvalue weighted by Gasteiger charge is -2.29. The molecule has 0 spiro atoms. The summed E-state index contributed by atoms with van der Waals surface area (Å²) in [6.07, 6.45) is 1.46. The Hall–Kier alpha value is -0.470. The first-order valence-corrected chi connectivity index (χ1v) is 4.35. The molecule has 12 heavy (non-hydrogen) atoms. The number of aliphatic carboxylic acids is 1. The number of aliphatic imine (C=N–C) groups is 1. The molecule has 0 aliphatic carbocycles. The summed E-state index contributed by atoms with van der Waals surface area (Å²) in [4.78, 5) is 14.7. The molecular weight excluding hydrogens is 175 g/mol. The number of hydrogen-bond acceptors (Lipinski definition) is 3. The first-order chi connectivity index (χ1) is 5.65. The predicted octanol–water partition coefficient (Wildman–Crippen LogP) is 0.396. The molecule has 0 bridgehead atoms. The number of carboxylic acids is 1. The lowest BCUT2D eigenvalue weighted by Crippen LogP contribution is -2.42. The highest BCUT2D eigenvalue weighted by Crippen LogP contribution is 2.18. The van der Waals surface area contributed by atoms with Crippen molar-refractivity contribution in [3.05, 3.63) is 0 Å². The first kappa shape index (κ1) is 9.62. The van der Waals surface area contributed by atoms with Crippen LogP contribution in [0.5, 0.6) is 0 Å². The molecule has 0 amide bonds. The van der Waals surface area contributed by atoms with Gasteiger partial charge < -0.3 is 5.11 Å². The Kier molecular flexibility index (Phi) is 3.18. The Morgan fingerprint density at radius 3 is 2.92 bits per heavy atom. The predicted molar refractivity (Wildman–Crippen MR) is 50.4 cm³/mol. The van der Waals surface area contributed by atoms with Crippen LogP contribution in [0.3, 0.4) is 0 Å². The second-order valence-electron chi connectivity index (χ2n) is 2.85. The van der Waals surface area contributed by atoms with Gasteiger partial charge in [0.1, 0.15) is 6.04 Å². The molecule has 1 fully saturated rings. The van der Waals surface area contributed by atoms with Gasteiger partial charge in [-0.2, -0.15) is 0 Å². The van der Waals surface area contributed by atoms with Gasteiger partial charge in [0.05, 0.1) is 0 Å². The SMILES string of the molecule is CN=C1CC[C@@H](C(=O)O)N(P)C1. The second-order valence-corrected chi connectivity index (χ2v) is 3.52. The smallest absolute Gasteiger partial charge is 0.321 e. The van der Waals surface area contributed by atoms with Gasteiger partial charge in [-0.3, -0.25) is 14.5 Å². The molecule has 1 saturated heterocycles. The van der Waals surface area contributed by atoms with Crippen LogP contribution in [0, 0.1) is 0 Å². The summed E-state index contributed by atoms with van der Waals surface area (Å²) in [5, 5.41) is 8.77. The maximum atomic E-state index is 10.7. The van der Waals surface area contributed by atoms with E-state index in [0.717, 1.165) is 12.1 Å². The molecule has 0 aromatic rings. The van der Waals surface area contributed by atoms with Crippen molar-refractivity contribution in [2.45, 2.75) is 18.9 Å². The highest BCUT2D eigenvalue weighted by atomic mass is 31.0. The summed E-state index contributed by atoms with van der Waals surface area (Å²) < 4.78 is 1.74. The standard InChI is InChI=1S/C7H13N2O2P/c1-8-5-2-3-6(7(10)11)9(12)4-5/h6H,2-4,12H2,1H3,(H,10,11)/t6-/m0/s1. The zero-order chi connectivity index (χ0) is 9.14. The molecule has 1 N–H and O–H groups in total. The van der Waals surface area contributed by atoms with E-state index in [1.165, 1.54) is 0 Å². The van der Waals surface area contributed by atoms with Crippen LogP contribution in [0.1, 0.15) is 12.8 Å². The zero-order valence-electron chi connectivity index (χ0n) is 7.03. The van der Waals surface area contributed by atoms with E-state index in [9.17, 15) is 4.79 Å². The van der Waals surface area contributed by atoms with E-state index in [1.807, 2.05) is 0 Å². The molecule has 2 atom stereocenters. The molecule has 4 nitrogen and oxygen atoms in total. The summed E-state index contributed by atoms with van der Waals surface area (Å²) in [5.41, 5.74) is 1.07. The molecule has 1 unspecified atom stereocenters. The lowest BCUT2D eigenvalue weighted by molar-refractivity contribution is -0.141. The second kappa shape index (κ2) is 3.97. The van der Waals surface area contributed by atoms with Crippen molar-refractivity contribution in [1.29, 1.82) is 0 Å². The summed E-state index contributed by atoms with van der Waals surface area (Å²) in [5.74, 6) is -0.750. The highest BCUT2D eigenvalue weighted by Gasteiger charge is 2.27. The van der Waals surface area contributed by atoms with Crippen molar-refractivity contribution in [2.24, 2.45) is 4.99 Å². The van der Waals surface area contributed by atoms with E-state index in [1.54, 1.807) is 11.7 Å². The largest absolute Gasteiger partial charge is 0.480 e. The Morgan fingerprint density at radius 2 is 2.50 bits per heavy atom. The van der Waals surface area contributed by atoms with E-state index in [2.05, 4.69) is 14.4 Å². The number of carbonyl (C=O) groups is 1. The Balaban J connectivity index is 2.59. The topological polar surface area (TPSA) is 52.9 Å². The van der Waals surface area contributed by atoms with E-state index in [-0.39, 0.29) is 6.04 Å². The molecule has 1 aliphatic rings. The first-order valence-electron chi connectivity index (χ1n) is 3.84. The Morgan fingerprint density at radius 1 is 1.83 bits per heavy atom. The van der Waals surface area contributed by atoms with E-state index < -0.39 is 5.97 Å². The average Bonchev–Trinajstić information content (AvgIpc) is 2.03. The maximum absolute atomic E-state index is 10.7. The molecule has 0 aromatic heterocycles. The quantitative estimate of drug-likeness (QED) is 0.606. The molecule has 1 heterocycles. The number of rotatable bonds is 1. The van der Waals surface area contributed by atoms with Gasteiger partial charge in [0.15, 0.2) is 0 Å². The molecular formula is C7H13N2O2P. The van der Waals surface area contributed by atoms with Crippen molar-refractivity contribution in [1.82, 2.24) is 4.67 Å². The zero-order valence-corrected chi connectivity index (χ0v) is 8.18. The van der Waals surface area contributed by atoms with Crippen molar-refractivity contribution < 1.29 is 9.90 Å². The molecule has 0 saturated carbocycles. The van der Waals surface area contributed by atoms with E-state index in [4.69, 9.17) is 5.11 Å². The van der Waals surface area contributed by atoms with Gasteiger partial charge in [0, 0.05) is 19.3 Å². The summed E-state index contributed by atoms with van der Waals surface area (Å²) in [6.45, 7) is 0.651. The van der Waals surface area contributed by atoms with Crippen LogP contribution < -0.4 is 0 Å². The number of carboxylic acid groups (broad SMARTS) is 1. The van der Waals surface area contributed by atoms with Crippen LogP contribution in [-0.4, -0.2) is 41.1 Å². The minimum Gasteiger partial charge on any atom is -0.480 e. The molecule has 0 radical (unpaired) electrons. The molecule has 5 heteroatoms. The van der Waals surface area contributed by atoms with Crippen LogP contribution in [0.15, 0.2) is 4.99 Å². The van der Waals surface area contributed by atoms with Crippen LogP contribution in [0.2, 0.25) is 0 Å². The van der Waals surface area contributed by atoms with Crippen molar-refractivity contribution in [2.75, 3.05) is 13.6 Å². The fraction of sp³-hybridized carbons (Fsp3) is 0.714. The normalized spacial score (nSPS) is 29.2. The summed E-state index contributed by atoms with van der Waals surface area (Å²) >= 11 is 0. The highest BCUT2D eigenvalue weighted by molar-refractivity contribution is 7.13. The fourth-order valence-corrected chi connectivity index (χ4v) is 1.80.